The van der Waals surface area contributed by atoms with E-state index >= 15 is 0 Å². The maximum Gasteiger partial charge on any atom is 0.310 e. The fourth-order valence-corrected chi connectivity index (χ4v) is 7.16. The van der Waals surface area contributed by atoms with Crippen molar-refractivity contribution < 1.29 is 19.0 Å². The molecule has 2 saturated carbocycles. The Morgan fingerprint density at radius 2 is 1.97 bits per heavy atom. The first-order valence-corrected chi connectivity index (χ1v) is 12.2. The maximum atomic E-state index is 13.0. The molecule has 2 aliphatic heterocycles. The summed E-state index contributed by atoms with van der Waals surface area (Å²) in [6.45, 7) is 10.8. The van der Waals surface area contributed by atoms with Gasteiger partial charge in [-0.1, -0.05) is 19.1 Å². The molecule has 1 saturated heterocycles. The van der Waals surface area contributed by atoms with Crippen LogP contribution in [0.2, 0.25) is 0 Å². The molecular weight excluding hydrogens is 402 g/mol. The van der Waals surface area contributed by atoms with Crippen molar-refractivity contribution in [3.05, 3.63) is 35.4 Å². The first kappa shape index (κ1) is 21.8. The number of carbonyl (C=O) groups is 1. The second kappa shape index (κ2) is 8.09. The van der Waals surface area contributed by atoms with Crippen molar-refractivity contribution in [2.45, 2.75) is 64.5 Å². The molecule has 0 bridgehead atoms. The molecular formula is C27H37NO4. The monoisotopic (exact) mass is 439 g/mol. The molecule has 32 heavy (non-hydrogen) atoms. The standard InChI is InChI=1S/C27H37NO4/c1-16-7-6-9-27(3)14-25-20(12-22(16)27)21(26(29)32-25)15-28-10-8-18-11-23(30-4)24(31-5)13-19(18)17(28)2/h11,13,17,20-22,25H,1,6-10,12,14-15H2,2-5H3/t17-,20+,21+,22-,25+,27+/m0/s1. The molecule has 0 spiro atoms. The van der Waals surface area contributed by atoms with Crippen LogP contribution in [0.3, 0.4) is 0 Å². The summed E-state index contributed by atoms with van der Waals surface area (Å²) in [5, 5.41) is 0. The van der Waals surface area contributed by atoms with Crippen molar-refractivity contribution in [3.63, 3.8) is 0 Å². The zero-order valence-electron chi connectivity index (χ0n) is 20.0. The lowest BCUT2D eigenvalue weighted by Gasteiger charge is -2.50. The van der Waals surface area contributed by atoms with Gasteiger partial charge in [-0.05, 0) is 80.0 Å². The van der Waals surface area contributed by atoms with E-state index in [0.717, 1.165) is 50.3 Å². The van der Waals surface area contributed by atoms with Crippen molar-refractivity contribution in [1.82, 2.24) is 4.90 Å². The van der Waals surface area contributed by atoms with Gasteiger partial charge >= 0.3 is 5.97 Å². The van der Waals surface area contributed by atoms with Crippen molar-refractivity contribution in [1.29, 1.82) is 0 Å². The largest absolute Gasteiger partial charge is 0.493 e. The highest BCUT2D eigenvalue weighted by atomic mass is 16.6. The Morgan fingerprint density at radius 1 is 1.22 bits per heavy atom. The normalized spacial score (nSPS) is 36.7. The van der Waals surface area contributed by atoms with E-state index in [1.165, 1.54) is 29.5 Å². The van der Waals surface area contributed by atoms with Gasteiger partial charge in [0.05, 0.1) is 20.1 Å². The molecule has 6 atom stereocenters. The third-order valence-corrected chi connectivity index (χ3v) is 9.06. The molecule has 0 unspecified atom stereocenters. The van der Waals surface area contributed by atoms with Crippen LogP contribution in [0, 0.1) is 23.2 Å². The van der Waals surface area contributed by atoms with Crippen molar-refractivity contribution in [3.8, 4) is 11.5 Å². The van der Waals surface area contributed by atoms with E-state index in [2.05, 4.69) is 37.5 Å². The lowest BCUT2D eigenvalue weighted by atomic mass is 9.55. The smallest absolute Gasteiger partial charge is 0.310 e. The highest BCUT2D eigenvalue weighted by Gasteiger charge is 2.55. The summed E-state index contributed by atoms with van der Waals surface area (Å²) < 4.78 is 17.1. The zero-order valence-corrected chi connectivity index (χ0v) is 20.0. The van der Waals surface area contributed by atoms with Gasteiger partial charge in [-0.3, -0.25) is 9.69 Å². The molecule has 3 fully saturated rings. The van der Waals surface area contributed by atoms with Gasteiger partial charge in [0.1, 0.15) is 6.10 Å². The summed E-state index contributed by atoms with van der Waals surface area (Å²) in [5.74, 6) is 2.37. The molecule has 5 heteroatoms. The molecule has 0 amide bonds. The number of hydrogen-bond donors (Lipinski definition) is 0. The van der Waals surface area contributed by atoms with Crippen molar-refractivity contribution in [2.24, 2.45) is 23.2 Å². The summed E-state index contributed by atoms with van der Waals surface area (Å²) in [7, 11) is 3.36. The van der Waals surface area contributed by atoms with Gasteiger partial charge in [0, 0.05) is 25.0 Å². The Hall–Kier alpha value is -2.01. The molecule has 2 heterocycles. The minimum atomic E-state index is -0.0385. The van der Waals surface area contributed by atoms with Gasteiger partial charge < -0.3 is 14.2 Å². The number of carbonyl (C=O) groups excluding carboxylic acids is 1. The summed E-state index contributed by atoms with van der Waals surface area (Å²) in [5.41, 5.74) is 4.23. The van der Waals surface area contributed by atoms with Crippen LogP contribution in [0.15, 0.2) is 24.3 Å². The van der Waals surface area contributed by atoms with E-state index in [-0.39, 0.29) is 29.4 Å². The fourth-order valence-electron chi connectivity index (χ4n) is 7.16. The van der Waals surface area contributed by atoms with Crippen LogP contribution < -0.4 is 9.47 Å². The predicted molar refractivity (Wildman–Crippen MR) is 124 cm³/mol. The van der Waals surface area contributed by atoms with Gasteiger partial charge in [-0.2, -0.15) is 0 Å². The SMILES string of the molecule is C=C1CCC[C@]2(C)C[C@H]3OC(=O)[C@H](CN4CCc5cc(OC)c(OC)cc5[C@@H]4C)[C@H]3C[C@@H]12. The second-order valence-corrected chi connectivity index (χ2v) is 10.7. The number of hydrogen-bond acceptors (Lipinski definition) is 5. The summed E-state index contributed by atoms with van der Waals surface area (Å²) in [6.07, 6.45) is 6.68. The Balaban J connectivity index is 1.35. The number of esters is 1. The minimum absolute atomic E-state index is 0.0122. The fraction of sp³-hybridized carbons (Fsp3) is 0.667. The molecule has 5 nitrogen and oxygen atoms in total. The molecule has 0 aromatic heterocycles. The van der Waals surface area contributed by atoms with E-state index in [1.54, 1.807) is 14.2 Å². The first-order chi connectivity index (χ1) is 15.3. The number of benzene rings is 1. The minimum Gasteiger partial charge on any atom is -0.493 e. The summed E-state index contributed by atoms with van der Waals surface area (Å²) in [6, 6.07) is 4.45. The third-order valence-electron chi connectivity index (χ3n) is 9.06. The van der Waals surface area contributed by atoms with Crippen LogP contribution in [0.5, 0.6) is 11.5 Å². The average molecular weight is 440 g/mol. The zero-order chi connectivity index (χ0) is 22.6. The number of methoxy groups -OCH3 is 2. The average Bonchev–Trinajstić information content (AvgIpc) is 3.06. The van der Waals surface area contributed by atoms with Gasteiger partial charge in [0.15, 0.2) is 11.5 Å². The summed E-state index contributed by atoms with van der Waals surface area (Å²) in [4.78, 5) is 15.5. The second-order valence-electron chi connectivity index (χ2n) is 10.7. The Labute approximate surface area is 192 Å². The van der Waals surface area contributed by atoms with E-state index in [1.807, 2.05) is 0 Å². The number of nitrogens with zero attached hydrogens (tertiary/aromatic N) is 1. The van der Waals surface area contributed by atoms with Crippen LogP contribution in [0.1, 0.15) is 63.1 Å². The maximum absolute atomic E-state index is 13.0. The number of allylic oxidation sites excluding steroid dienone is 1. The number of fused-ring (bicyclic) bond motifs is 3. The van der Waals surface area contributed by atoms with Gasteiger partial charge in [0.2, 0.25) is 0 Å². The third kappa shape index (κ3) is 3.44. The molecule has 1 aromatic rings. The Morgan fingerprint density at radius 3 is 2.72 bits per heavy atom. The molecule has 5 rings (SSSR count). The van der Waals surface area contributed by atoms with E-state index in [0.29, 0.717) is 11.8 Å². The lowest BCUT2D eigenvalue weighted by Crippen LogP contribution is -2.46. The van der Waals surface area contributed by atoms with E-state index in [9.17, 15) is 4.79 Å². The van der Waals surface area contributed by atoms with Crippen molar-refractivity contribution in [2.75, 3.05) is 27.3 Å². The molecule has 0 radical (unpaired) electrons. The molecule has 174 valence electrons. The van der Waals surface area contributed by atoms with Crippen molar-refractivity contribution >= 4 is 5.97 Å². The van der Waals surface area contributed by atoms with Crippen LogP contribution >= 0.6 is 0 Å². The molecule has 4 aliphatic rings. The molecule has 0 N–H and O–H groups in total. The highest BCUT2D eigenvalue weighted by Crippen LogP contribution is 2.57. The first-order valence-electron chi connectivity index (χ1n) is 12.2. The van der Waals surface area contributed by atoms with Crippen LogP contribution in [-0.4, -0.2) is 44.3 Å². The van der Waals surface area contributed by atoms with E-state index in [4.69, 9.17) is 14.2 Å². The van der Waals surface area contributed by atoms with E-state index < -0.39 is 0 Å². The number of ether oxygens (including phenoxy) is 3. The van der Waals surface area contributed by atoms with Gasteiger partial charge in [0.25, 0.3) is 0 Å². The van der Waals surface area contributed by atoms with Crippen LogP contribution in [0.4, 0.5) is 0 Å². The van der Waals surface area contributed by atoms with Gasteiger partial charge in [-0.25, -0.2) is 0 Å². The van der Waals surface area contributed by atoms with Gasteiger partial charge in [-0.15, -0.1) is 0 Å². The van der Waals surface area contributed by atoms with Crippen LogP contribution in [0.25, 0.3) is 0 Å². The van der Waals surface area contributed by atoms with Crippen LogP contribution in [-0.2, 0) is 16.0 Å². The lowest BCUT2D eigenvalue weighted by molar-refractivity contribution is -0.146. The highest BCUT2D eigenvalue weighted by molar-refractivity contribution is 5.75. The topological polar surface area (TPSA) is 48.0 Å². The quantitative estimate of drug-likeness (QED) is 0.491. The Kier molecular flexibility index (Phi) is 5.51. The number of rotatable bonds is 4. The molecule has 2 aliphatic carbocycles. The molecule has 1 aromatic carbocycles. The predicted octanol–water partition coefficient (Wildman–Crippen LogP) is 4.94. The summed E-state index contributed by atoms with van der Waals surface area (Å²) >= 11 is 0. The Bertz CT molecular complexity index is 926.